The molecule has 0 spiro atoms. The summed E-state index contributed by atoms with van der Waals surface area (Å²) >= 11 is 0. The van der Waals surface area contributed by atoms with E-state index in [0.717, 1.165) is 16.0 Å². The quantitative estimate of drug-likeness (QED) is 0.805. The second-order valence-electron chi connectivity index (χ2n) is 6.81. The van der Waals surface area contributed by atoms with Crippen LogP contribution in [0.2, 0.25) is 19.6 Å². The molecule has 4 heteroatoms. The van der Waals surface area contributed by atoms with Crippen LogP contribution in [0, 0.1) is 6.92 Å². The first-order valence-electron chi connectivity index (χ1n) is 7.72. The van der Waals surface area contributed by atoms with Gasteiger partial charge in [-0.1, -0.05) is 73.4 Å². The van der Waals surface area contributed by atoms with Gasteiger partial charge >= 0.3 is 0 Å². The van der Waals surface area contributed by atoms with E-state index in [4.69, 9.17) is 0 Å². The standard InChI is InChI=1S/C19H24O2SSi/c1-15-10-12-17(13-11-15)22(21)18(14-23(2,3)4)19(20)16-8-6-5-7-9-16/h5-14,19-20H,1-4H3. The van der Waals surface area contributed by atoms with E-state index in [1.54, 1.807) is 0 Å². The third kappa shape index (κ3) is 4.99. The Labute approximate surface area is 142 Å². The van der Waals surface area contributed by atoms with Gasteiger partial charge in [-0.25, -0.2) is 4.21 Å². The second-order valence-corrected chi connectivity index (χ2v) is 13.3. The predicted octanol–water partition coefficient (Wildman–Crippen LogP) is 4.60. The van der Waals surface area contributed by atoms with Crippen LogP contribution in [0.5, 0.6) is 0 Å². The molecule has 2 aromatic rings. The smallest absolute Gasteiger partial charge is 0.112 e. The van der Waals surface area contributed by atoms with E-state index in [-0.39, 0.29) is 0 Å². The summed E-state index contributed by atoms with van der Waals surface area (Å²) in [6.07, 6.45) is -0.843. The van der Waals surface area contributed by atoms with Crippen LogP contribution in [0.15, 0.2) is 70.1 Å². The van der Waals surface area contributed by atoms with E-state index in [2.05, 4.69) is 25.3 Å². The topological polar surface area (TPSA) is 37.3 Å². The number of aliphatic hydroxyl groups is 1. The molecule has 0 aliphatic carbocycles. The van der Waals surface area contributed by atoms with E-state index in [1.807, 2.05) is 61.5 Å². The molecule has 0 fully saturated rings. The van der Waals surface area contributed by atoms with Gasteiger partial charge in [0.05, 0.1) is 18.9 Å². The molecular formula is C19H24O2SSi. The fourth-order valence-corrected chi connectivity index (χ4v) is 5.75. The predicted molar refractivity (Wildman–Crippen MR) is 100 cm³/mol. The molecule has 0 saturated heterocycles. The van der Waals surface area contributed by atoms with Crippen LogP contribution in [0.1, 0.15) is 17.2 Å². The minimum Gasteiger partial charge on any atom is -0.383 e. The molecule has 2 aromatic carbocycles. The molecule has 0 aliphatic heterocycles. The Kier molecular flexibility index (Phi) is 5.73. The normalized spacial score (nSPS) is 15.3. The maximum Gasteiger partial charge on any atom is 0.112 e. The fourth-order valence-electron chi connectivity index (χ4n) is 2.26. The summed E-state index contributed by atoms with van der Waals surface area (Å²) in [6.45, 7) is 8.54. The van der Waals surface area contributed by atoms with Crippen LogP contribution in [-0.2, 0) is 10.8 Å². The highest BCUT2D eigenvalue weighted by Gasteiger charge is 2.24. The molecule has 0 amide bonds. The fraction of sp³-hybridized carbons (Fsp3) is 0.263. The highest BCUT2D eigenvalue weighted by Crippen LogP contribution is 2.29. The van der Waals surface area contributed by atoms with Crippen molar-refractivity contribution in [2.24, 2.45) is 0 Å². The van der Waals surface area contributed by atoms with Gasteiger partial charge in [-0.3, -0.25) is 0 Å². The van der Waals surface area contributed by atoms with Crippen molar-refractivity contribution < 1.29 is 9.32 Å². The van der Waals surface area contributed by atoms with Crippen LogP contribution in [0.4, 0.5) is 0 Å². The van der Waals surface area contributed by atoms with E-state index in [1.165, 1.54) is 0 Å². The third-order valence-corrected chi connectivity index (χ3v) is 6.27. The highest BCUT2D eigenvalue weighted by molar-refractivity contribution is 7.89. The van der Waals surface area contributed by atoms with Gasteiger partial charge in [0.2, 0.25) is 0 Å². The summed E-state index contributed by atoms with van der Waals surface area (Å²) in [5, 5.41) is 10.8. The van der Waals surface area contributed by atoms with E-state index >= 15 is 0 Å². The van der Waals surface area contributed by atoms with Gasteiger partial charge in [0, 0.05) is 9.80 Å². The number of aliphatic hydroxyl groups excluding tert-OH is 1. The Morgan fingerprint density at radius 3 is 2.13 bits per heavy atom. The van der Waals surface area contributed by atoms with E-state index in [9.17, 15) is 9.32 Å². The Hall–Kier alpha value is -1.49. The number of aryl methyl sites for hydroxylation is 1. The van der Waals surface area contributed by atoms with Crippen molar-refractivity contribution in [3.8, 4) is 0 Å². The van der Waals surface area contributed by atoms with Crippen molar-refractivity contribution in [2.75, 3.05) is 0 Å². The van der Waals surface area contributed by atoms with Crippen molar-refractivity contribution in [3.63, 3.8) is 0 Å². The zero-order chi connectivity index (χ0) is 17.0. The maximum atomic E-state index is 13.1. The highest BCUT2D eigenvalue weighted by atomic mass is 32.2. The molecule has 2 atom stereocenters. The zero-order valence-corrected chi connectivity index (χ0v) is 15.9. The minimum absolute atomic E-state index is 0.596. The SMILES string of the molecule is Cc1ccc(S(=O)C(=C[Si](C)(C)C)C(O)c2ccccc2)cc1. The Balaban J connectivity index is 2.44. The molecule has 2 rings (SSSR count). The van der Waals surface area contributed by atoms with Crippen molar-refractivity contribution in [1.82, 2.24) is 0 Å². The lowest BCUT2D eigenvalue weighted by atomic mass is 10.1. The molecule has 0 bridgehead atoms. The first kappa shape index (κ1) is 17.9. The number of hydrogen-bond acceptors (Lipinski definition) is 2. The molecule has 2 unspecified atom stereocenters. The monoisotopic (exact) mass is 344 g/mol. The average Bonchev–Trinajstić information content (AvgIpc) is 2.52. The van der Waals surface area contributed by atoms with E-state index in [0.29, 0.717) is 4.91 Å². The minimum atomic E-state index is -1.64. The lowest BCUT2D eigenvalue weighted by Gasteiger charge is -2.19. The van der Waals surface area contributed by atoms with Gasteiger partial charge in [0.25, 0.3) is 0 Å². The van der Waals surface area contributed by atoms with Gasteiger partial charge in [0.15, 0.2) is 0 Å². The van der Waals surface area contributed by atoms with Crippen LogP contribution in [-0.4, -0.2) is 17.4 Å². The summed E-state index contributed by atoms with van der Waals surface area (Å²) < 4.78 is 13.1. The molecule has 0 aromatic heterocycles. The second kappa shape index (κ2) is 7.38. The van der Waals surface area contributed by atoms with Crippen molar-refractivity contribution >= 4 is 18.9 Å². The Morgan fingerprint density at radius 2 is 1.61 bits per heavy atom. The van der Waals surface area contributed by atoms with Crippen molar-refractivity contribution in [2.45, 2.75) is 37.6 Å². The Morgan fingerprint density at radius 1 is 1.04 bits per heavy atom. The molecule has 0 radical (unpaired) electrons. The molecule has 2 nitrogen and oxygen atoms in total. The molecule has 0 aliphatic rings. The number of rotatable bonds is 5. The van der Waals surface area contributed by atoms with Crippen molar-refractivity contribution in [3.05, 3.63) is 76.3 Å². The number of hydrogen-bond donors (Lipinski definition) is 1. The first-order valence-corrected chi connectivity index (χ1v) is 12.4. The molecule has 122 valence electrons. The van der Waals surface area contributed by atoms with Gasteiger partial charge in [0.1, 0.15) is 6.10 Å². The van der Waals surface area contributed by atoms with E-state index < -0.39 is 25.0 Å². The average molecular weight is 345 g/mol. The molecule has 1 N–H and O–H groups in total. The van der Waals surface area contributed by atoms with Gasteiger partial charge in [-0.2, -0.15) is 0 Å². The maximum absolute atomic E-state index is 13.1. The first-order chi connectivity index (χ1) is 10.8. The summed E-state index contributed by atoms with van der Waals surface area (Å²) in [5.74, 6) is 0. The van der Waals surface area contributed by atoms with Crippen LogP contribution >= 0.6 is 0 Å². The summed E-state index contributed by atoms with van der Waals surface area (Å²) in [4.78, 5) is 1.33. The summed E-state index contributed by atoms with van der Waals surface area (Å²) in [6, 6.07) is 17.1. The zero-order valence-electron chi connectivity index (χ0n) is 14.1. The van der Waals surface area contributed by atoms with Crippen molar-refractivity contribution in [1.29, 1.82) is 0 Å². The van der Waals surface area contributed by atoms with Gasteiger partial charge in [-0.05, 0) is 24.6 Å². The lowest BCUT2D eigenvalue weighted by molar-refractivity contribution is 0.224. The van der Waals surface area contributed by atoms with Crippen LogP contribution in [0.25, 0.3) is 0 Å². The molecule has 0 saturated carbocycles. The van der Waals surface area contributed by atoms with Crippen LogP contribution < -0.4 is 0 Å². The van der Waals surface area contributed by atoms with Gasteiger partial charge in [-0.15, -0.1) is 0 Å². The summed E-state index contributed by atoms with van der Waals surface area (Å²) in [5.41, 5.74) is 3.96. The molecule has 0 heterocycles. The lowest BCUT2D eigenvalue weighted by Crippen LogP contribution is -2.20. The Bertz CT molecular complexity index is 700. The summed E-state index contributed by atoms with van der Waals surface area (Å²) in [7, 11) is -3.00. The largest absolute Gasteiger partial charge is 0.383 e. The molecular weight excluding hydrogens is 320 g/mol. The molecule has 23 heavy (non-hydrogen) atoms. The van der Waals surface area contributed by atoms with Gasteiger partial charge < -0.3 is 5.11 Å². The van der Waals surface area contributed by atoms with Crippen LogP contribution in [0.3, 0.4) is 0 Å². The number of benzene rings is 2. The third-order valence-electron chi connectivity index (χ3n) is 3.41.